The van der Waals surface area contributed by atoms with Crippen LogP contribution < -0.4 is 0 Å². The summed E-state index contributed by atoms with van der Waals surface area (Å²) in [5.41, 5.74) is 10.3. The number of para-hydroxylation sites is 3. The third-order valence-corrected chi connectivity index (χ3v) is 9.35. The Morgan fingerprint density at radius 3 is 1.52 bits per heavy atom. The molecule has 0 unspecified atom stereocenters. The molecule has 0 aliphatic rings. The van der Waals surface area contributed by atoms with E-state index >= 15 is 0 Å². The number of fused-ring (bicyclic) bond motifs is 6. The highest BCUT2D eigenvalue weighted by molar-refractivity contribution is 6.13. The van der Waals surface area contributed by atoms with Gasteiger partial charge in [-0.25, -0.2) is 15.0 Å². The van der Waals surface area contributed by atoms with Crippen LogP contribution in [0.25, 0.3) is 100 Å². The van der Waals surface area contributed by atoms with E-state index in [4.69, 9.17) is 23.8 Å². The average Bonchev–Trinajstić information content (AvgIpc) is 3.77. The molecule has 0 saturated carbocycles. The summed E-state index contributed by atoms with van der Waals surface area (Å²) >= 11 is 0. The van der Waals surface area contributed by atoms with Crippen LogP contribution in [0.1, 0.15) is 0 Å². The molecule has 3 heterocycles. The van der Waals surface area contributed by atoms with Crippen molar-refractivity contribution in [2.75, 3.05) is 0 Å². The number of benzene rings is 7. The molecule has 0 saturated heterocycles. The molecular formula is C45H27N3O2. The van der Waals surface area contributed by atoms with Crippen LogP contribution >= 0.6 is 0 Å². The molecule has 5 heteroatoms. The summed E-state index contributed by atoms with van der Waals surface area (Å²) in [5, 5.41) is 4.32. The van der Waals surface area contributed by atoms with Gasteiger partial charge in [0.25, 0.3) is 0 Å². The molecule has 0 bridgehead atoms. The second-order valence-corrected chi connectivity index (χ2v) is 12.4. The van der Waals surface area contributed by atoms with E-state index in [1.165, 1.54) is 0 Å². The van der Waals surface area contributed by atoms with E-state index in [9.17, 15) is 0 Å². The molecule has 7 aromatic carbocycles. The number of aromatic nitrogens is 3. The lowest BCUT2D eigenvalue weighted by Gasteiger charge is -2.10. The fourth-order valence-electron chi connectivity index (χ4n) is 6.93. The highest BCUT2D eigenvalue weighted by Gasteiger charge is 2.18. The van der Waals surface area contributed by atoms with Gasteiger partial charge in [0.15, 0.2) is 17.5 Å². The topological polar surface area (TPSA) is 65.0 Å². The predicted octanol–water partition coefficient (Wildman–Crippen LogP) is 12.0. The second-order valence-electron chi connectivity index (χ2n) is 12.4. The molecule has 0 fully saturated rings. The molecule has 0 aliphatic carbocycles. The van der Waals surface area contributed by atoms with Crippen molar-refractivity contribution in [3.8, 4) is 56.4 Å². The summed E-state index contributed by atoms with van der Waals surface area (Å²) in [4.78, 5) is 15.0. The quantitative estimate of drug-likeness (QED) is 0.187. The number of furan rings is 2. The molecule has 3 aromatic heterocycles. The van der Waals surface area contributed by atoms with Crippen LogP contribution in [0.5, 0.6) is 0 Å². The summed E-state index contributed by atoms with van der Waals surface area (Å²) in [6.07, 6.45) is 0. The fourth-order valence-corrected chi connectivity index (χ4v) is 6.93. The first-order valence-corrected chi connectivity index (χ1v) is 16.6. The van der Waals surface area contributed by atoms with Crippen LogP contribution in [0.3, 0.4) is 0 Å². The Morgan fingerprint density at radius 2 is 0.800 bits per heavy atom. The zero-order chi connectivity index (χ0) is 33.0. The zero-order valence-electron chi connectivity index (χ0n) is 26.7. The van der Waals surface area contributed by atoms with Crippen LogP contribution in [-0.4, -0.2) is 15.0 Å². The van der Waals surface area contributed by atoms with Gasteiger partial charge in [-0.15, -0.1) is 0 Å². The average molecular weight is 642 g/mol. The molecular weight excluding hydrogens is 615 g/mol. The second kappa shape index (κ2) is 11.4. The van der Waals surface area contributed by atoms with E-state index in [0.717, 1.165) is 82.8 Å². The first-order valence-electron chi connectivity index (χ1n) is 16.6. The summed E-state index contributed by atoms with van der Waals surface area (Å²) in [6, 6.07) is 55.7. The van der Waals surface area contributed by atoms with Gasteiger partial charge in [0.2, 0.25) is 0 Å². The maximum absolute atomic E-state index is 6.73. The van der Waals surface area contributed by atoms with Gasteiger partial charge in [0, 0.05) is 49.4 Å². The molecule has 10 aromatic rings. The SMILES string of the molecule is c1ccc(-c2nc(-c3cccc(-c4cccc5c4oc4c(-c6ccccc6)cccc45)c3)nc(-c3ccc4c(c3)oc3ccccc34)n2)cc1. The summed E-state index contributed by atoms with van der Waals surface area (Å²) in [6.45, 7) is 0. The van der Waals surface area contributed by atoms with E-state index in [-0.39, 0.29) is 0 Å². The van der Waals surface area contributed by atoms with Crippen LogP contribution in [0.15, 0.2) is 173 Å². The molecule has 0 atom stereocenters. The molecule has 0 aliphatic heterocycles. The number of rotatable bonds is 5. The highest BCUT2D eigenvalue weighted by atomic mass is 16.3. The van der Waals surface area contributed by atoms with E-state index in [1.54, 1.807) is 0 Å². The Bertz CT molecular complexity index is 2870. The highest BCUT2D eigenvalue weighted by Crippen LogP contribution is 2.40. The lowest BCUT2D eigenvalue weighted by atomic mass is 9.99. The lowest BCUT2D eigenvalue weighted by molar-refractivity contribution is 0.669. The standard InChI is InChI=1S/C45H27N3O2/c1-3-12-28(13-4-1)33-19-10-21-37-38-22-11-20-34(42(38)50-41(33)37)30-16-9-17-31(26-30)44-46-43(29-14-5-2-6-15-29)47-45(48-44)32-24-25-36-35-18-7-8-23-39(35)49-40(36)27-32/h1-27H. The lowest BCUT2D eigenvalue weighted by Crippen LogP contribution is -2.00. The van der Waals surface area contributed by atoms with Crippen LogP contribution in [0.4, 0.5) is 0 Å². The van der Waals surface area contributed by atoms with Gasteiger partial charge in [-0.2, -0.15) is 0 Å². The largest absolute Gasteiger partial charge is 0.456 e. The molecule has 0 spiro atoms. The van der Waals surface area contributed by atoms with Crippen molar-refractivity contribution < 1.29 is 8.83 Å². The van der Waals surface area contributed by atoms with E-state index in [1.807, 2.05) is 72.8 Å². The van der Waals surface area contributed by atoms with E-state index in [2.05, 4.69) is 91.0 Å². The molecule has 0 amide bonds. The summed E-state index contributed by atoms with van der Waals surface area (Å²) in [7, 11) is 0. The Kier molecular flexibility index (Phi) is 6.42. The monoisotopic (exact) mass is 641 g/mol. The van der Waals surface area contributed by atoms with Crippen molar-refractivity contribution in [2.45, 2.75) is 0 Å². The smallest absolute Gasteiger partial charge is 0.164 e. The molecule has 50 heavy (non-hydrogen) atoms. The van der Waals surface area contributed by atoms with Crippen molar-refractivity contribution >= 4 is 43.9 Å². The van der Waals surface area contributed by atoms with Gasteiger partial charge in [-0.1, -0.05) is 140 Å². The normalized spacial score (nSPS) is 11.6. The van der Waals surface area contributed by atoms with Gasteiger partial charge in [-0.3, -0.25) is 0 Å². The molecule has 0 radical (unpaired) electrons. The summed E-state index contributed by atoms with van der Waals surface area (Å²) in [5.74, 6) is 1.77. The Morgan fingerprint density at radius 1 is 0.300 bits per heavy atom. The molecule has 10 rings (SSSR count). The van der Waals surface area contributed by atoms with Crippen LogP contribution in [0, 0.1) is 0 Å². The molecule has 5 nitrogen and oxygen atoms in total. The molecule has 234 valence electrons. The zero-order valence-corrected chi connectivity index (χ0v) is 26.7. The first kappa shape index (κ1) is 28.2. The maximum atomic E-state index is 6.73. The number of hydrogen-bond donors (Lipinski definition) is 0. The Labute approximate surface area is 287 Å². The minimum Gasteiger partial charge on any atom is -0.456 e. The first-order chi connectivity index (χ1) is 24.8. The fraction of sp³-hybridized carbons (Fsp3) is 0. The maximum Gasteiger partial charge on any atom is 0.164 e. The minimum absolute atomic E-state index is 0.578. The molecule has 0 N–H and O–H groups in total. The number of hydrogen-bond acceptors (Lipinski definition) is 5. The number of nitrogens with zero attached hydrogens (tertiary/aromatic N) is 3. The van der Waals surface area contributed by atoms with Crippen LogP contribution in [0.2, 0.25) is 0 Å². The van der Waals surface area contributed by atoms with Crippen molar-refractivity contribution in [1.82, 2.24) is 15.0 Å². The van der Waals surface area contributed by atoms with Gasteiger partial charge < -0.3 is 8.83 Å². The third kappa shape index (κ3) is 4.67. The van der Waals surface area contributed by atoms with Gasteiger partial charge in [0.1, 0.15) is 22.3 Å². The van der Waals surface area contributed by atoms with Gasteiger partial charge in [0.05, 0.1) is 0 Å². The minimum atomic E-state index is 0.578. The Balaban J connectivity index is 1.12. The third-order valence-electron chi connectivity index (χ3n) is 9.35. The van der Waals surface area contributed by atoms with Crippen LogP contribution in [-0.2, 0) is 0 Å². The predicted molar refractivity (Wildman–Crippen MR) is 202 cm³/mol. The van der Waals surface area contributed by atoms with Gasteiger partial charge >= 0.3 is 0 Å². The van der Waals surface area contributed by atoms with Gasteiger partial charge in [-0.05, 0) is 35.4 Å². The van der Waals surface area contributed by atoms with Crippen molar-refractivity contribution in [2.24, 2.45) is 0 Å². The van der Waals surface area contributed by atoms with Crippen molar-refractivity contribution in [3.05, 3.63) is 164 Å². The Hall–Kier alpha value is -6.85. The van der Waals surface area contributed by atoms with Crippen molar-refractivity contribution in [3.63, 3.8) is 0 Å². The summed E-state index contributed by atoms with van der Waals surface area (Å²) < 4.78 is 12.9. The van der Waals surface area contributed by atoms with E-state index < -0.39 is 0 Å². The van der Waals surface area contributed by atoms with E-state index in [0.29, 0.717) is 17.5 Å². The van der Waals surface area contributed by atoms with Crippen molar-refractivity contribution in [1.29, 1.82) is 0 Å².